The quantitative estimate of drug-likeness (QED) is 0.349. The van der Waals surface area contributed by atoms with Crippen molar-refractivity contribution in [1.29, 1.82) is 0 Å². The van der Waals surface area contributed by atoms with Crippen LogP contribution in [0.1, 0.15) is 61.9 Å². The first-order valence-corrected chi connectivity index (χ1v) is 15.7. The van der Waals surface area contributed by atoms with Crippen molar-refractivity contribution in [3.8, 4) is 5.75 Å². The van der Waals surface area contributed by atoms with Gasteiger partial charge in [0.2, 0.25) is 5.91 Å². The highest BCUT2D eigenvalue weighted by Gasteiger charge is 2.34. The second-order valence-electron chi connectivity index (χ2n) is 12.5. The molecule has 2 aromatic carbocycles. The van der Waals surface area contributed by atoms with Gasteiger partial charge in [0.25, 0.3) is 5.91 Å². The molecule has 0 unspecified atom stereocenters. The zero-order valence-electron chi connectivity index (χ0n) is 26.2. The number of nitrogens with one attached hydrogen (secondary N) is 2. The maximum absolute atomic E-state index is 13.8. The molecule has 1 fully saturated rings. The maximum Gasteiger partial charge on any atom is 0.317 e. The van der Waals surface area contributed by atoms with E-state index in [0.29, 0.717) is 30.1 Å². The summed E-state index contributed by atoms with van der Waals surface area (Å²) < 4.78 is 8.46. The molecule has 5 rings (SSSR count). The Labute approximate surface area is 259 Å². The van der Waals surface area contributed by atoms with Crippen molar-refractivity contribution in [3.05, 3.63) is 59.8 Å². The lowest BCUT2D eigenvalue weighted by molar-refractivity contribution is -0.115. The average molecular weight is 604 g/mol. The summed E-state index contributed by atoms with van der Waals surface area (Å²) in [5.74, 6) is -0.209. The highest BCUT2D eigenvalue weighted by molar-refractivity contribution is 6.00. The first kappa shape index (κ1) is 31.4. The zero-order chi connectivity index (χ0) is 31.4. The van der Waals surface area contributed by atoms with E-state index < -0.39 is 12.1 Å². The third kappa shape index (κ3) is 7.01. The molecule has 0 bridgehead atoms. The largest absolute Gasteiger partial charge is 0.487 e. The fourth-order valence-corrected chi connectivity index (χ4v) is 6.35. The lowest BCUT2D eigenvalue weighted by Gasteiger charge is -2.38. The van der Waals surface area contributed by atoms with Gasteiger partial charge in [-0.15, -0.1) is 0 Å². The Bertz CT molecular complexity index is 1500. The van der Waals surface area contributed by atoms with Crippen molar-refractivity contribution in [2.45, 2.75) is 70.6 Å². The number of hydrogen-bond donors (Lipinski definition) is 3. The Balaban J connectivity index is 1.34. The van der Waals surface area contributed by atoms with Crippen LogP contribution >= 0.6 is 0 Å². The van der Waals surface area contributed by atoms with Crippen molar-refractivity contribution in [3.63, 3.8) is 0 Å². The fraction of sp³-hybridized carbons (Fsp3) is 0.500. The van der Waals surface area contributed by atoms with Gasteiger partial charge in [-0.05, 0) is 49.6 Å². The molecule has 0 radical (unpaired) electrons. The van der Waals surface area contributed by atoms with Crippen LogP contribution in [0.4, 0.5) is 10.5 Å². The van der Waals surface area contributed by atoms with Gasteiger partial charge in [0, 0.05) is 55.4 Å². The van der Waals surface area contributed by atoms with E-state index in [4.69, 9.17) is 4.74 Å². The van der Waals surface area contributed by atoms with Gasteiger partial charge < -0.3 is 34.8 Å². The highest BCUT2D eigenvalue weighted by atomic mass is 16.5. The molecule has 1 aromatic heterocycles. The first-order chi connectivity index (χ1) is 21.1. The van der Waals surface area contributed by atoms with Crippen LogP contribution in [0.25, 0.3) is 10.9 Å². The third-order valence-electron chi connectivity index (χ3n) is 9.01. The second-order valence-corrected chi connectivity index (χ2v) is 12.5. The summed E-state index contributed by atoms with van der Waals surface area (Å²) >= 11 is 0. The number of aliphatic hydroxyl groups excluding tert-OH is 1. The molecular weight excluding hydrogens is 558 g/mol. The van der Waals surface area contributed by atoms with E-state index in [9.17, 15) is 19.5 Å². The van der Waals surface area contributed by atoms with Crippen molar-refractivity contribution in [1.82, 2.24) is 19.7 Å². The number of carbonyl (C=O) groups is 3. The molecule has 3 aromatic rings. The number of rotatable bonds is 8. The number of anilines is 1. The van der Waals surface area contributed by atoms with Crippen LogP contribution in [0.2, 0.25) is 0 Å². The van der Waals surface area contributed by atoms with Crippen LogP contribution in [0.5, 0.6) is 5.75 Å². The highest BCUT2D eigenvalue weighted by Crippen LogP contribution is 2.31. The van der Waals surface area contributed by atoms with Crippen LogP contribution < -0.4 is 15.4 Å². The van der Waals surface area contributed by atoms with Crippen molar-refractivity contribution >= 4 is 34.4 Å². The summed E-state index contributed by atoms with van der Waals surface area (Å²) in [6, 6.07) is 12.7. The number of urea groups is 1. The number of aromatic nitrogens is 1. The molecular formula is C34H45N5O5. The summed E-state index contributed by atoms with van der Waals surface area (Å²) in [6.45, 7) is 4.29. The number of para-hydroxylation sites is 1. The molecule has 4 amide bonds. The molecule has 0 saturated heterocycles. The van der Waals surface area contributed by atoms with E-state index in [1.807, 2.05) is 49.0 Å². The summed E-state index contributed by atoms with van der Waals surface area (Å²) in [4.78, 5) is 43.3. The molecule has 236 valence electrons. The molecule has 3 N–H and O–H groups in total. The van der Waals surface area contributed by atoms with E-state index in [-0.39, 0.29) is 42.8 Å². The van der Waals surface area contributed by atoms with E-state index in [0.717, 1.165) is 42.1 Å². The minimum Gasteiger partial charge on any atom is -0.487 e. The van der Waals surface area contributed by atoms with E-state index in [1.165, 1.54) is 6.42 Å². The van der Waals surface area contributed by atoms with Crippen LogP contribution in [0, 0.1) is 5.92 Å². The topological polar surface area (TPSA) is 116 Å². The Morgan fingerprint density at radius 3 is 2.64 bits per heavy atom. The minimum absolute atomic E-state index is 0.119. The number of benzene rings is 2. The van der Waals surface area contributed by atoms with Crippen LogP contribution in [-0.2, 0) is 18.3 Å². The van der Waals surface area contributed by atoms with Gasteiger partial charge >= 0.3 is 6.03 Å². The van der Waals surface area contributed by atoms with E-state index in [2.05, 4.69) is 10.6 Å². The van der Waals surface area contributed by atoms with Gasteiger partial charge in [0.05, 0.1) is 31.2 Å². The Morgan fingerprint density at radius 2 is 1.89 bits per heavy atom. The number of aliphatic hydroxyl groups is 1. The average Bonchev–Trinajstić information content (AvgIpc) is 3.33. The number of ether oxygens (including phenoxy) is 1. The Morgan fingerprint density at radius 1 is 1.14 bits per heavy atom. The lowest BCUT2D eigenvalue weighted by atomic mass is 9.96. The molecule has 1 aliphatic carbocycles. The number of fused-ring (bicyclic) bond motifs is 2. The van der Waals surface area contributed by atoms with Crippen LogP contribution in [0.3, 0.4) is 0 Å². The SMILES string of the molecule is C[C@H](CO)N1C[C@H](C)[C@@H](CN(C)C(=O)NC2CCCCC2)Oc2ccc(NC(=O)Cc3cn(C)c4ccccc34)cc2C1=O. The molecule has 2 heterocycles. The van der Waals surface area contributed by atoms with Gasteiger partial charge in [0.15, 0.2) is 0 Å². The summed E-state index contributed by atoms with van der Waals surface area (Å²) in [5.41, 5.74) is 2.76. The Hall–Kier alpha value is -4.05. The summed E-state index contributed by atoms with van der Waals surface area (Å²) in [5, 5.41) is 17.1. The first-order valence-electron chi connectivity index (χ1n) is 15.7. The second kappa shape index (κ2) is 13.7. The summed E-state index contributed by atoms with van der Waals surface area (Å²) in [6.07, 6.45) is 7.23. The Kier molecular flexibility index (Phi) is 9.78. The van der Waals surface area contributed by atoms with Crippen molar-refractivity contribution in [2.24, 2.45) is 13.0 Å². The standard InChI is InChI=1S/C34H45N5O5/c1-22-18-39(23(2)21-40)33(42)28-17-26(35-32(41)16-24-19-37(3)29-13-9-8-12-27(24)29)14-15-30(28)44-31(22)20-38(4)34(43)36-25-10-6-5-7-11-25/h8-9,12-15,17,19,22-23,25,31,40H,5-7,10-11,16,18,20-21H2,1-4H3,(H,35,41)(H,36,43)/t22-,23+,31+/m0/s1. The van der Waals surface area contributed by atoms with E-state index >= 15 is 0 Å². The summed E-state index contributed by atoms with van der Waals surface area (Å²) in [7, 11) is 3.72. The predicted octanol–water partition coefficient (Wildman–Crippen LogP) is 4.55. The monoisotopic (exact) mass is 603 g/mol. The molecule has 44 heavy (non-hydrogen) atoms. The number of likely N-dealkylation sites (N-methyl/N-ethyl adjacent to an activating group) is 1. The smallest absolute Gasteiger partial charge is 0.317 e. The molecule has 10 nitrogen and oxygen atoms in total. The van der Waals surface area contributed by atoms with Gasteiger partial charge in [-0.2, -0.15) is 0 Å². The number of hydrogen-bond acceptors (Lipinski definition) is 5. The van der Waals surface area contributed by atoms with Gasteiger partial charge in [-0.25, -0.2) is 4.79 Å². The predicted molar refractivity (Wildman–Crippen MR) is 171 cm³/mol. The van der Waals surface area contributed by atoms with Gasteiger partial charge in [-0.1, -0.05) is 44.4 Å². The molecule has 2 aliphatic rings. The third-order valence-corrected chi connectivity index (χ3v) is 9.01. The molecule has 10 heteroatoms. The lowest BCUT2D eigenvalue weighted by Crippen LogP contribution is -2.52. The molecule has 0 spiro atoms. The number of carbonyl (C=O) groups excluding carboxylic acids is 3. The van der Waals surface area contributed by atoms with E-state index in [1.54, 1.807) is 42.0 Å². The van der Waals surface area contributed by atoms with Crippen molar-refractivity contribution < 1.29 is 24.2 Å². The van der Waals surface area contributed by atoms with Gasteiger partial charge in [0.1, 0.15) is 11.9 Å². The van der Waals surface area contributed by atoms with Gasteiger partial charge in [-0.3, -0.25) is 9.59 Å². The number of amides is 4. The van der Waals surface area contributed by atoms with Crippen LogP contribution in [-0.4, -0.2) is 82.3 Å². The number of aryl methyl sites for hydroxylation is 1. The minimum atomic E-state index is -0.423. The normalized spacial score (nSPS) is 19.8. The van der Waals surface area contributed by atoms with Crippen LogP contribution in [0.15, 0.2) is 48.7 Å². The molecule has 3 atom stereocenters. The van der Waals surface area contributed by atoms with Crippen molar-refractivity contribution in [2.75, 3.05) is 32.1 Å². The molecule has 1 aliphatic heterocycles. The zero-order valence-corrected chi connectivity index (χ0v) is 26.2. The molecule has 1 saturated carbocycles. The number of nitrogens with zero attached hydrogens (tertiary/aromatic N) is 3. The maximum atomic E-state index is 13.8. The fourth-order valence-electron chi connectivity index (χ4n) is 6.35.